The first-order valence-corrected chi connectivity index (χ1v) is 14.8. The summed E-state index contributed by atoms with van der Waals surface area (Å²) in [6, 6.07) is 17.4. The quantitative estimate of drug-likeness (QED) is 0.264. The highest BCUT2D eigenvalue weighted by atomic mass is 32.2. The number of thioether (sulfide) groups is 1. The number of H-pyrrole nitrogens is 1. The molecule has 4 aromatic rings. The number of nitrogens with zero attached hydrogens (tertiary/aromatic N) is 1. The molecule has 3 heterocycles. The molecule has 0 saturated carbocycles. The number of ether oxygens (including phenoxy) is 2. The number of fused-ring (bicyclic) bond motifs is 2. The second-order valence-corrected chi connectivity index (χ2v) is 12.1. The first-order valence-electron chi connectivity index (χ1n) is 13.1. The van der Waals surface area contributed by atoms with Crippen LogP contribution in [-0.4, -0.2) is 41.7 Å². The maximum absolute atomic E-state index is 13.9. The summed E-state index contributed by atoms with van der Waals surface area (Å²) < 4.78 is 51.1. The van der Waals surface area contributed by atoms with E-state index in [9.17, 15) is 32.3 Å². The molecule has 0 aliphatic carbocycles. The Morgan fingerprint density at radius 1 is 0.977 bits per heavy atom. The topological polar surface area (TPSA) is 118 Å². The van der Waals surface area contributed by atoms with E-state index in [4.69, 9.17) is 9.47 Å². The number of alkyl halides is 3. The lowest BCUT2D eigenvalue weighted by Gasteiger charge is -2.30. The van der Waals surface area contributed by atoms with Gasteiger partial charge in [0.2, 0.25) is 11.8 Å². The number of anilines is 2. The summed E-state index contributed by atoms with van der Waals surface area (Å²) in [4.78, 5) is 56.0. The Morgan fingerprint density at radius 3 is 2.45 bits per heavy atom. The lowest BCUT2D eigenvalue weighted by Crippen LogP contribution is -2.32. The van der Waals surface area contributed by atoms with Crippen LogP contribution in [0.3, 0.4) is 0 Å². The molecular weight excluding hydrogens is 619 g/mol. The molecule has 226 valence electrons. The van der Waals surface area contributed by atoms with E-state index in [0.717, 1.165) is 46.2 Å². The second-order valence-electron chi connectivity index (χ2n) is 9.95. The van der Waals surface area contributed by atoms with Gasteiger partial charge in [-0.15, -0.1) is 0 Å². The van der Waals surface area contributed by atoms with Gasteiger partial charge in [0, 0.05) is 16.5 Å². The number of nitrogens with one attached hydrogen (secondary N) is 2. The maximum atomic E-state index is 13.9. The number of carbonyl (C=O) groups is 3. The van der Waals surface area contributed by atoms with Crippen LogP contribution in [0.2, 0.25) is 0 Å². The van der Waals surface area contributed by atoms with Crippen molar-refractivity contribution in [3.8, 4) is 11.5 Å². The summed E-state index contributed by atoms with van der Waals surface area (Å²) >= 11 is 1.92. The van der Waals surface area contributed by atoms with Crippen molar-refractivity contribution in [1.82, 2.24) is 4.98 Å². The monoisotopic (exact) mass is 641 g/mol. The van der Waals surface area contributed by atoms with Gasteiger partial charge in [-0.2, -0.15) is 13.2 Å². The molecular formula is C30H22F3N3O6S2. The van der Waals surface area contributed by atoms with Crippen LogP contribution in [0.1, 0.15) is 21.9 Å². The molecule has 0 radical (unpaired) electrons. The molecule has 2 aliphatic heterocycles. The molecule has 3 unspecified atom stereocenters. The van der Waals surface area contributed by atoms with Crippen LogP contribution < -0.4 is 24.6 Å². The van der Waals surface area contributed by atoms with Gasteiger partial charge in [0.25, 0.3) is 5.91 Å². The van der Waals surface area contributed by atoms with Crippen molar-refractivity contribution in [2.24, 2.45) is 5.92 Å². The third-order valence-electron chi connectivity index (χ3n) is 7.22. The normalized spacial score (nSPS) is 19.4. The summed E-state index contributed by atoms with van der Waals surface area (Å²) in [5.41, 5.74) is -0.0835. The van der Waals surface area contributed by atoms with Crippen molar-refractivity contribution in [2.45, 2.75) is 22.4 Å². The van der Waals surface area contributed by atoms with Gasteiger partial charge >= 0.3 is 11.0 Å². The standard InChI is InChI=1S/C30H22F3N3O6S2/c1-41-19-10-8-17(9-11-19)34-21(37)14-42-20-7-2-4-15(12-20)22-23-25(43-26-24(22)44-29(40)35-26)28(39)36(27(23)38)18-6-3-5-16(13-18)30(31,32)33/h2-13,22-23,25H,14H2,1H3,(H,34,37)(H,35,40). The van der Waals surface area contributed by atoms with Gasteiger partial charge in [-0.1, -0.05) is 41.3 Å². The van der Waals surface area contributed by atoms with Crippen molar-refractivity contribution in [3.63, 3.8) is 0 Å². The molecule has 9 nitrogen and oxygen atoms in total. The SMILES string of the molecule is COc1ccc(NC(=O)COc2cccc(C3c4sc(=O)[nH]c4SC4C(=O)N(c5cccc(C(F)(F)F)c5)C(=O)C43)c2)cc1. The molecule has 1 fully saturated rings. The lowest BCUT2D eigenvalue weighted by molar-refractivity contribution is -0.137. The van der Waals surface area contributed by atoms with Gasteiger partial charge in [0.05, 0.1) is 29.3 Å². The Hall–Kier alpha value is -4.56. The number of rotatable bonds is 7. The Bertz CT molecular complexity index is 1820. The zero-order valence-corrected chi connectivity index (χ0v) is 24.3. The van der Waals surface area contributed by atoms with Crippen LogP contribution in [0, 0.1) is 5.92 Å². The molecule has 14 heteroatoms. The number of aromatic amines is 1. The minimum Gasteiger partial charge on any atom is -0.497 e. The third kappa shape index (κ3) is 5.57. The molecule has 3 aromatic carbocycles. The highest BCUT2D eigenvalue weighted by Crippen LogP contribution is 2.53. The number of amides is 3. The van der Waals surface area contributed by atoms with E-state index in [0.29, 0.717) is 32.7 Å². The van der Waals surface area contributed by atoms with Crippen molar-refractivity contribution in [2.75, 3.05) is 23.9 Å². The molecule has 0 bridgehead atoms. The van der Waals surface area contributed by atoms with Crippen molar-refractivity contribution >= 4 is 52.2 Å². The van der Waals surface area contributed by atoms with Crippen LogP contribution >= 0.6 is 23.1 Å². The Kier molecular flexibility index (Phi) is 7.72. The van der Waals surface area contributed by atoms with Crippen LogP contribution in [0.15, 0.2) is 82.6 Å². The predicted molar refractivity (Wildman–Crippen MR) is 157 cm³/mol. The zero-order chi connectivity index (χ0) is 31.2. The fraction of sp³-hybridized carbons (Fsp3) is 0.200. The van der Waals surface area contributed by atoms with Crippen molar-refractivity contribution in [1.29, 1.82) is 0 Å². The number of carbonyl (C=O) groups excluding carboxylic acids is 3. The average molecular weight is 642 g/mol. The van der Waals surface area contributed by atoms with E-state index in [-0.39, 0.29) is 17.2 Å². The van der Waals surface area contributed by atoms with Gasteiger partial charge in [0.1, 0.15) is 16.7 Å². The molecule has 1 aromatic heterocycles. The average Bonchev–Trinajstić information content (AvgIpc) is 3.50. The number of aromatic nitrogens is 1. The van der Waals surface area contributed by atoms with Crippen molar-refractivity contribution < 1.29 is 37.0 Å². The zero-order valence-electron chi connectivity index (χ0n) is 22.7. The molecule has 6 rings (SSSR count). The van der Waals surface area contributed by atoms with Crippen LogP contribution in [-0.2, 0) is 20.6 Å². The second kappa shape index (κ2) is 11.5. The summed E-state index contributed by atoms with van der Waals surface area (Å²) in [7, 11) is 1.53. The van der Waals surface area contributed by atoms with E-state index >= 15 is 0 Å². The molecule has 2 N–H and O–H groups in total. The largest absolute Gasteiger partial charge is 0.497 e. The predicted octanol–water partition coefficient (Wildman–Crippen LogP) is 5.28. The van der Waals surface area contributed by atoms with E-state index in [1.54, 1.807) is 48.5 Å². The fourth-order valence-electron chi connectivity index (χ4n) is 5.27. The minimum absolute atomic E-state index is 0.180. The fourth-order valence-corrected chi connectivity index (χ4v) is 7.79. The first-order chi connectivity index (χ1) is 21.0. The summed E-state index contributed by atoms with van der Waals surface area (Å²) in [6.07, 6.45) is -4.67. The van der Waals surface area contributed by atoms with Gasteiger partial charge in [-0.3, -0.25) is 19.2 Å². The van der Waals surface area contributed by atoms with Gasteiger partial charge in [-0.25, -0.2) is 4.90 Å². The van der Waals surface area contributed by atoms with E-state index in [1.807, 2.05) is 0 Å². The molecule has 3 amide bonds. The third-order valence-corrected chi connectivity index (χ3v) is 9.62. The van der Waals surface area contributed by atoms with E-state index < -0.39 is 46.5 Å². The Morgan fingerprint density at radius 2 is 1.73 bits per heavy atom. The van der Waals surface area contributed by atoms with Crippen molar-refractivity contribution in [3.05, 3.63) is 98.5 Å². The smallest absolute Gasteiger partial charge is 0.416 e. The molecule has 1 saturated heterocycles. The number of thiazole rings is 1. The minimum atomic E-state index is -4.67. The first kappa shape index (κ1) is 29.5. The van der Waals surface area contributed by atoms with E-state index in [1.165, 1.54) is 13.2 Å². The number of hydrogen-bond donors (Lipinski definition) is 2. The highest BCUT2D eigenvalue weighted by molar-refractivity contribution is 8.00. The number of hydrogen-bond acceptors (Lipinski definition) is 8. The molecule has 0 spiro atoms. The highest BCUT2D eigenvalue weighted by Gasteiger charge is 2.56. The van der Waals surface area contributed by atoms with Crippen LogP contribution in [0.25, 0.3) is 0 Å². The number of methoxy groups -OCH3 is 1. The van der Waals surface area contributed by atoms with Gasteiger partial charge < -0.3 is 19.8 Å². The molecule has 3 atom stereocenters. The summed E-state index contributed by atoms with van der Waals surface area (Å²) in [5.74, 6) is -2.61. The summed E-state index contributed by atoms with van der Waals surface area (Å²) in [6.45, 7) is -0.328. The lowest BCUT2D eigenvalue weighted by atomic mass is 9.83. The van der Waals surface area contributed by atoms with Crippen LogP contribution in [0.5, 0.6) is 11.5 Å². The van der Waals surface area contributed by atoms with Gasteiger partial charge in [-0.05, 0) is 60.2 Å². The summed E-state index contributed by atoms with van der Waals surface area (Å²) in [5, 5.41) is 2.15. The van der Waals surface area contributed by atoms with Crippen LogP contribution in [0.4, 0.5) is 24.5 Å². The maximum Gasteiger partial charge on any atom is 0.416 e. The van der Waals surface area contributed by atoms with Gasteiger partial charge in [0.15, 0.2) is 6.61 Å². The number of benzene rings is 3. The number of halogens is 3. The molecule has 44 heavy (non-hydrogen) atoms. The Balaban J connectivity index is 1.28. The Labute approximate surface area is 256 Å². The molecule has 2 aliphatic rings. The number of imide groups is 1. The van der Waals surface area contributed by atoms with E-state index in [2.05, 4.69) is 10.3 Å².